The second-order valence-electron chi connectivity index (χ2n) is 17.2. The van der Waals surface area contributed by atoms with E-state index >= 15 is 0 Å². The van der Waals surface area contributed by atoms with Crippen LogP contribution in [0.15, 0.2) is 0 Å². The van der Waals surface area contributed by atoms with E-state index in [1.165, 1.54) is 280 Å². The Balaban J connectivity index is -0.0000120. The monoisotopic (exact) mass is 777 g/mol. The van der Waals surface area contributed by atoms with Gasteiger partial charge in [-0.1, -0.05) is 194 Å². The third-order valence-corrected chi connectivity index (χ3v) is 13.2. The number of quaternary nitrogens is 2. The lowest BCUT2D eigenvalue weighted by molar-refractivity contribution is -0.931. The van der Waals surface area contributed by atoms with Gasteiger partial charge in [0.15, 0.2) is 0 Å². The van der Waals surface area contributed by atoms with Crippen LogP contribution in [0.5, 0.6) is 0 Å². The third kappa shape index (κ3) is 35.0. The summed E-state index contributed by atoms with van der Waals surface area (Å²) in [4.78, 5) is 0. The molecule has 0 saturated carbocycles. The minimum atomic E-state index is 0. The highest BCUT2D eigenvalue weighted by Crippen LogP contribution is 2.19. The van der Waals surface area contributed by atoms with Gasteiger partial charge in [0.2, 0.25) is 0 Å². The first kappa shape index (κ1) is 56.8. The fourth-order valence-corrected chi connectivity index (χ4v) is 8.82. The zero-order valence-corrected chi connectivity index (χ0v) is 38.9. The molecule has 0 aromatic rings. The van der Waals surface area contributed by atoms with Gasteiger partial charge in [0.1, 0.15) is 0 Å². The summed E-state index contributed by atoms with van der Waals surface area (Å²) in [6.45, 7) is 25.5. The lowest BCUT2D eigenvalue weighted by Crippen LogP contribution is -3.00. The normalized spacial score (nSPS) is 11.9. The van der Waals surface area contributed by atoms with Crippen LogP contribution in [-0.4, -0.2) is 61.3 Å². The third-order valence-electron chi connectivity index (χ3n) is 13.2. The standard InChI is InChI=1S/C48H102N2.2ClH/c1-7-13-15-17-19-21-23-25-27-29-31-33-35-37-39-41-45-49(9-3,10-4)47-43-44-48-50(11-5,12-6)46-42-40-38-36-34-32-30-28-26-24-22-20-18-16-14-8-2;;/h7-48H2,1-6H3;2*1H/q+2;;/p-2. The minimum Gasteiger partial charge on any atom is -1.00 e. The molecule has 318 valence electrons. The summed E-state index contributed by atoms with van der Waals surface area (Å²) >= 11 is 0. The summed E-state index contributed by atoms with van der Waals surface area (Å²) in [6.07, 6.45) is 49.8. The molecule has 0 fully saturated rings. The Morgan fingerprint density at radius 2 is 0.327 bits per heavy atom. The van der Waals surface area contributed by atoms with Gasteiger partial charge in [-0.05, 0) is 53.4 Å². The van der Waals surface area contributed by atoms with E-state index in [9.17, 15) is 0 Å². The fourth-order valence-electron chi connectivity index (χ4n) is 8.82. The van der Waals surface area contributed by atoms with E-state index in [1.807, 2.05) is 0 Å². The van der Waals surface area contributed by atoms with E-state index in [0.717, 1.165) is 0 Å². The van der Waals surface area contributed by atoms with Gasteiger partial charge >= 0.3 is 0 Å². The van der Waals surface area contributed by atoms with Crippen LogP contribution in [0.25, 0.3) is 0 Å². The molecule has 0 amide bonds. The van der Waals surface area contributed by atoms with Crippen molar-refractivity contribution in [2.24, 2.45) is 0 Å². The summed E-state index contributed by atoms with van der Waals surface area (Å²) in [7, 11) is 0. The smallest absolute Gasteiger partial charge is 0.0788 e. The first-order valence-electron chi connectivity index (χ1n) is 24.3. The second-order valence-corrected chi connectivity index (χ2v) is 17.2. The highest BCUT2D eigenvalue weighted by Gasteiger charge is 2.25. The van der Waals surface area contributed by atoms with Crippen molar-refractivity contribution in [3.05, 3.63) is 0 Å². The number of rotatable bonds is 43. The zero-order valence-electron chi connectivity index (χ0n) is 37.3. The topological polar surface area (TPSA) is 0 Å². The van der Waals surface area contributed by atoms with Crippen molar-refractivity contribution < 1.29 is 33.8 Å². The van der Waals surface area contributed by atoms with Crippen LogP contribution in [0, 0.1) is 0 Å². The van der Waals surface area contributed by atoms with Gasteiger partial charge in [0.05, 0.1) is 52.4 Å². The molecule has 0 aliphatic carbocycles. The largest absolute Gasteiger partial charge is 1.00 e. The maximum absolute atomic E-state index is 2.46. The molecule has 0 aliphatic heterocycles. The first-order chi connectivity index (χ1) is 24.6. The minimum absolute atomic E-state index is 0. The van der Waals surface area contributed by atoms with Crippen molar-refractivity contribution in [3.8, 4) is 0 Å². The molecule has 0 aliphatic rings. The average Bonchev–Trinajstić information content (AvgIpc) is 3.14. The van der Waals surface area contributed by atoms with Gasteiger partial charge < -0.3 is 33.8 Å². The molecule has 0 bridgehead atoms. The van der Waals surface area contributed by atoms with Crippen molar-refractivity contribution >= 4 is 0 Å². The van der Waals surface area contributed by atoms with Gasteiger partial charge in [0, 0.05) is 12.8 Å². The van der Waals surface area contributed by atoms with Crippen molar-refractivity contribution in [1.29, 1.82) is 0 Å². The number of hydrogen-bond donors (Lipinski definition) is 0. The van der Waals surface area contributed by atoms with E-state index in [2.05, 4.69) is 41.5 Å². The average molecular weight is 778 g/mol. The molecule has 0 spiro atoms. The molecule has 0 N–H and O–H groups in total. The Kier molecular flexibility index (Phi) is 48.3. The fraction of sp³-hybridized carbons (Fsp3) is 1.00. The molecule has 0 radical (unpaired) electrons. The van der Waals surface area contributed by atoms with Gasteiger partial charge in [-0.25, -0.2) is 0 Å². The highest BCUT2D eigenvalue weighted by atomic mass is 35.5. The molecule has 2 nitrogen and oxygen atoms in total. The van der Waals surface area contributed by atoms with Crippen LogP contribution in [-0.2, 0) is 0 Å². The molecule has 52 heavy (non-hydrogen) atoms. The number of unbranched alkanes of at least 4 members (excludes halogenated alkanes) is 31. The summed E-state index contributed by atoms with van der Waals surface area (Å²) in [5.41, 5.74) is 0. The summed E-state index contributed by atoms with van der Waals surface area (Å²) in [6, 6.07) is 0. The molecule has 0 heterocycles. The Hall–Kier alpha value is 0.500. The molecule has 0 saturated heterocycles. The molecular weight excluding hydrogens is 675 g/mol. The zero-order chi connectivity index (χ0) is 36.7. The van der Waals surface area contributed by atoms with Crippen molar-refractivity contribution in [1.82, 2.24) is 0 Å². The van der Waals surface area contributed by atoms with Crippen molar-refractivity contribution in [2.75, 3.05) is 52.4 Å². The van der Waals surface area contributed by atoms with Crippen molar-refractivity contribution in [3.63, 3.8) is 0 Å². The second kappa shape index (κ2) is 44.2. The SMILES string of the molecule is CCCCCCCCCCCCCCCCCC[N+](CC)(CC)CCCC[N+](CC)(CC)CCCCCCCCCCCCCCCCCC.[Cl-].[Cl-]. The molecule has 0 atom stereocenters. The highest BCUT2D eigenvalue weighted by molar-refractivity contribution is 4.54. The van der Waals surface area contributed by atoms with Crippen LogP contribution in [0.4, 0.5) is 0 Å². The van der Waals surface area contributed by atoms with Crippen molar-refractivity contribution in [2.45, 2.75) is 260 Å². The summed E-state index contributed by atoms with van der Waals surface area (Å²) < 4.78 is 2.74. The van der Waals surface area contributed by atoms with Gasteiger partial charge in [-0.15, -0.1) is 0 Å². The maximum atomic E-state index is 2.46. The van der Waals surface area contributed by atoms with Gasteiger partial charge in [-0.3, -0.25) is 0 Å². The lowest BCUT2D eigenvalue weighted by Gasteiger charge is -2.39. The van der Waals surface area contributed by atoms with Crippen LogP contribution in [0.2, 0.25) is 0 Å². The predicted molar refractivity (Wildman–Crippen MR) is 230 cm³/mol. The quantitative estimate of drug-likeness (QED) is 0.0428. The Labute approximate surface area is 344 Å². The van der Waals surface area contributed by atoms with E-state index in [1.54, 1.807) is 0 Å². The van der Waals surface area contributed by atoms with Crippen LogP contribution < -0.4 is 24.8 Å². The lowest BCUT2D eigenvalue weighted by atomic mass is 10.0. The Morgan fingerprint density at radius 3 is 0.481 bits per heavy atom. The van der Waals surface area contributed by atoms with E-state index in [4.69, 9.17) is 0 Å². The Bertz CT molecular complexity index is 580. The first-order valence-corrected chi connectivity index (χ1v) is 24.3. The summed E-state index contributed by atoms with van der Waals surface area (Å²) in [5.74, 6) is 0. The maximum Gasteiger partial charge on any atom is 0.0788 e. The molecular formula is C48H102Cl2N2. The predicted octanol–water partition coefficient (Wildman–Crippen LogP) is 10.0. The van der Waals surface area contributed by atoms with Crippen LogP contribution >= 0.6 is 0 Å². The molecule has 0 aromatic heterocycles. The van der Waals surface area contributed by atoms with E-state index < -0.39 is 0 Å². The van der Waals surface area contributed by atoms with Gasteiger partial charge in [0.25, 0.3) is 0 Å². The van der Waals surface area contributed by atoms with Crippen LogP contribution in [0.1, 0.15) is 260 Å². The van der Waals surface area contributed by atoms with Gasteiger partial charge in [-0.2, -0.15) is 0 Å². The number of hydrogen-bond acceptors (Lipinski definition) is 0. The van der Waals surface area contributed by atoms with E-state index in [0.29, 0.717) is 0 Å². The summed E-state index contributed by atoms with van der Waals surface area (Å²) in [5, 5.41) is 0. The number of nitrogens with zero attached hydrogens (tertiary/aromatic N) is 2. The van der Waals surface area contributed by atoms with Crippen LogP contribution in [0.3, 0.4) is 0 Å². The molecule has 0 aromatic carbocycles. The van der Waals surface area contributed by atoms with E-state index in [-0.39, 0.29) is 24.8 Å². The molecule has 0 unspecified atom stereocenters. The molecule has 4 heteroatoms. The Morgan fingerprint density at radius 1 is 0.192 bits per heavy atom. The number of halogens is 2. The molecule has 0 rings (SSSR count).